The molecule has 2 rings (SSSR count). The van der Waals surface area contributed by atoms with Gasteiger partial charge >= 0.3 is 6.03 Å². The molecule has 0 bridgehead atoms. The Hall–Kier alpha value is -1.88. The van der Waals surface area contributed by atoms with Gasteiger partial charge in [-0.3, -0.25) is 0 Å². The van der Waals surface area contributed by atoms with Gasteiger partial charge in [-0.2, -0.15) is 5.10 Å². The molecule has 2 N–H and O–H groups in total. The molecule has 17 heavy (non-hydrogen) atoms. The van der Waals surface area contributed by atoms with Crippen LogP contribution >= 0.6 is 0 Å². The molecule has 0 atom stereocenters. The van der Waals surface area contributed by atoms with E-state index in [9.17, 15) is 4.79 Å². The number of carbonyl (C=O) groups is 1. The van der Waals surface area contributed by atoms with Crippen molar-refractivity contribution in [1.82, 2.24) is 5.43 Å². The van der Waals surface area contributed by atoms with Gasteiger partial charge in [0.15, 0.2) is 0 Å². The van der Waals surface area contributed by atoms with E-state index in [1.807, 2.05) is 30.3 Å². The molecule has 1 saturated heterocycles. The van der Waals surface area contributed by atoms with E-state index in [1.165, 1.54) is 0 Å². The number of urea groups is 1. The zero-order valence-electron chi connectivity index (χ0n) is 9.48. The van der Waals surface area contributed by atoms with Crippen LogP contribution in [0.25, 0.3) is 0 Å². The largest absolute Gasteiger partial charge is 0.381 e. The van der Waals surface area contributed by atoms with E-state index in [4.69, 9.17) is 4.74 Å². The van der Waals surface area contributed by atoms with E-state index in [-0.39, 0.29) is 6.03 Å². The smallest absolute Gasteiger partial charge is 0.339 e. The highest BCUT2D eigenvalue weighted by Gasteiger charge is 2.07. The van der Waals surface area contributed by atoms with E-state index < -0.39 is 0 Å². The molecule has 0 aromatic heterocycles. The van der Waals surface area contributed by atoms with Crippen LogP contribution in [-0.2, 0) is 4.74 Å². The van der Waals surface area contributed by atoms with Crippen LogP contribution in [0.4, 0.5) is 10.5 Å². The van der Waals surface area contributed by atoms with E-state index in [0.717, 1.165) is 24.2 Å². The van der Waals surface area contributed by atoms with Gasteiger partial charge in [-0.05, 0) is 12.1 Å². The normalized spacial score (nSPS) is 15.2. The molecule has 2 amide bonds. The van der Waals surface area contributed by atoms with Gasteiger partial charge in [0.05, 0.1) is 13.2 Å². The Balaban J connectivity index is 1.81. The number of hydrazone groups is 1. The number of ether oxygens (including phenoxy) is 1. The average Bonchev–Trinajstić information content (AvgIpc) is 2.39. The first-order valence-corrected chi connectivity index (χ1v) is 5.60. The number of nitrogens with one attached hydrogen (secondary N) is 2. The number of rotatable bonds is 2. The zero-order valence-corrected chi connectivity index (χ0v) is 9.48. The van der Waals surface area contributed by atoms with Crippen molar-refractivity contribution < 1.29 is 9.53 Å². The SMILES string of the molecule is O=C(NN=C1CCOCC1)Nc1ccccc1. The highest BCUT2D eigenvalue weighted by atomic mass is 16.5. The summed E-state index contributed by atoms with van der Waals surface area (Å²) in [5.41, 5.74) is 4.20. The molecular formula is C12H15N3O2. The number of nitrogens with zero attached hydrogens (tertiary/aromatic N) is 1. The topological polar surface area (TPSA) is 62.7 Å². The first-order chi connectivity index (χ1) is 8.34. The molecule has 0 spiro atoms. The molecule has 0 unspecified atom stereocenters. The monoisotopic (exact) mass is 233 g/mol. The number of para-hydroxylation sites is 1. The van der Waals surface area contributed by atoms with Crippen molar-refractivity contribution in [3.05, 3.63) is 30.3 Å². The van der Waals surface area contributed by atoms with Gasteiger partial charge in [0.2, 0.25) is 0 Å². The fourth-order valence-electron chi connectivity index (χ4n) is 1.53. The zero-order chi connectivity index (χ0) is 11.9. The summed E-state index contributed by atoms with van der Waals surface area (Å²) in [6.07, 6.45) is 1.57. The molecule has 1 aliphatic rings. The van der Waals surface area contributed by atoms with Crippen LogP contribution in [-0.4, -0.2) is 25.0 Å². The molecular weight excluding hydrogens is 218 g/mol. The van der Waals surface area contributed by atoms with Crippen LogP contribution in [0.1, 0.15) is 12.8 Å². The van der Waals surface area contributed by atoms with Crippen molar-refractivity contribution >= 4 is 17.4 Å². The van der Waals surface area contributed by atoms with Crippen molar-refractivity contribution in [1.29, 1.82) is 0 Å². The van der Waals surface area contributed by atoms with Crippen molar-refractivity contribution in [3.63, 3.8) is 0 Å². The van der Waals surface area contributed by atoms with E-state index >= 15 is 0 Å². The second-order valence-corrected chi connectivity index (χ2v) is 3.72. The quantitative estimate of drug-likeness (QED) is 0.767. The Kier molecular flexibility index (Phi) is 4.10. The number of carbonyl (C=O) groups excluding carboxylic acids is 1. The van der Waals surface area contributed by atoms with E-state index in [0.29, 0.717) is 13.2 Å². The minimum atomic E-state index is -0.324. The lowest BCUT2D eigenvalue weighted by Crippen LogP contribution is -2.27. The summed E-state index contributed by atoms with van der Waals surface area (Å²) in [5.74, 6) is 0. The third-order valence-electron chi connectivity index (χ3n) is 2.42. The van der Waals surface area contributed by atoms with Crippen LogP contribution in [0.2, 0.25) is 0 Å². The minimum Gasteiger partial charge on any atom is -0.381 e. The predicted molar refractivity (Wildman–Crippen MR) is 66.1 cm³/mol. The van der Waals surface area contributed by atoms with Gasteiger partial charge in [0.1, 0.15) is 0 Å². The molecule has 1 fully saturated rings. The summed E-state index contributed by atoms with van der Waals surface area (Å²) in [6.45, 7) is 1.36. The summed E-state index contributed by atoms with van der Waals surface area (Å²) in [6, 6.07) is 8.93. The molecule has 5 nitrogen and oxygen atoms in total. The highest BCUT2D eigenvalue weighted by molar-refractivity contribution is 5.91. The summed E-state index contributed by atoms with van der Waals surface area (Å²) >= 11 is 0. The standard InChI is InChI=1S/C12H15N3O2/c16-12(13-10-4-2-1-3-5-10)15-14-11-6-8-17-9-7-11/h1-5H,6-9H2,(H2,13,15,16). The Morgan fingerprint density at radius 2 is 1.88 bits per heavy atom. The molecule has 1 aliphatic heterocycles. The maximum Gasteiger partial charge on any atom is 0.339 e. The molecule has 0 saturated carbocycles. The lowest BCUT2D eigenvalue weighted by Gasteiger charge is -2.13. The minimum absolute atomic E-state index is 0.324. The maximum absolute atomic E-state index is 11.5. The summed E-state index contributed by atoms with van der Waals surface area (Å²) < 4.78 is 5.19. The van der Waals surface area contributed by atoms with Crippen LogP contribution in [0, 0.1) is 0 Å². The van der Waals surface area contributed by atoms with Crippen LogP contribution < -0.4 is 10.7 Å². The summed E-state index contributed by atoms with van der Waals surface area (Å²) in [5, 5.41) is 6.75. The predicted octanol–water partition coefficient (Wildman–Crippen LogP) is 1.97. The average molecular weight is 233 g/mol. The lowest BCUT2D eigenvalue weighted by molar-refractivity contribution is 0.134. The van der Waals surface area contributed by atoms with Crippen molar-refractivity contribution in [2.75, 3.05) is 18.5 Å². The molecule has 1 aromatic rings. The van der Waals surface area contributed by atoms with Crippen molar-refractivity contribution in [3.8, 4) is 0 Å². The van der Waals surface area contributed by atoms with Crippen LogP contribution in [0.5, 0.6) is 0 Å². The molecule has 1 aromatic carbocycles. The summed E-state index contributed by atoms with van der Waals surface area (Å²) in [4.78, 5) is 11.5. The molecule has 0 radical (unpaired) electrons. The van der Waals surface area contributed by atoms with Gasteiger partial charge in [-0.25, -0.2) is 10.2 Å². The third kappa shape index (κ3) is 3.88. The van der Waals surface area contributed by atoms with Gasteiger partial charge in [-0.15, -0.1) is 0 Å². The highest BCUT2D eigenvalue weighted by Crippen LogP contribution is 2.05. The molecule has 1 heterocycles. The molecule has 5 heteroatoms. The summed E-state index contributed by atoms with van der Waals surface area (Å²) in [7, 11) is 0. The number of hydrogen-bond donors (Lipinski definition) is 2. The Morgan fingerprint density at radius 3 is 2.59 bits per heavy atom. The number of anilines is 1. The maximum atomic E-state index is 11.5. The van der Waals surface area contributed by atoms with Crippen LogP contribution in [0.3, 0.4) is 0 Å². The van der Waals surface area contributed by atoms with Crippen molar-refractivity contribution in [2.24, 2.45) is 5.10 Å². The van der Waals surface area contributed by atoms with Gasteiger partial charge in [-0.1, -0.05) is 18.2 Å². The van der Waals surface area contributed by atoms with Gasteiger partial charge in [0, 0.05) is 24.2 Å². The van der Waals surface area contributed by atoms with Crippen molar-refractivity contribution in [2.45, 2.75) is 12.8 Å². The number of hydrogen-bond acceptors (Lipinski definition) is 3. The number of benzene rings is 1. The Bertz CT molecular complexity index is 395. The van der Waals surface area contributed by atoms with E-state index in [2.05, 4.69) is 15.8 Å². The van der Waals surface area contributed by atoms with Crippen LogP contribution in [0.15, 0.2) is 35.4 Å². The van der Waals surface area contributed by atoms with Gasteiger partial charge < -0.3 is 10.1 Å². The van der Waals surface area contributed by atoms with Gasteiger partial charge in [0.25, 0.3) is 0 Å². The first kappa shape index (κ1) is 11.6. The molecule has 90 valence electrons. The second kappa shape index (κ2) is 6.00. The number of amides is 2. The lowest BCUT2D eigenvalue weighted by atomic mass is 10.2. The fourth-order valence-corrected chi connectivity index (χ4v) is 1.53. The second-order valence-electron chi connectivity index (χ2n) is 3.72. The first-order valence-electron chi connectivity index (χ1n) is 5.60. The Labute approximate surface area is 99.9 Å². The third-order valence-corrected chi connectivity index (χ3v) is 2.42. The fraction of sp³-hybridized carbons (Fsp3) is 0.333. The van der Waals surface area contributed by atoms with E-state index in [1.54, 1.807) is 0 Å². The molecule has 0 aliphatic carbocycles. The Morgan fingerprint density at radius 1 is 1.18 bits per heavy atom.